The van der Waals surface area contributed by atoms with Crippen molar-refractivity contribution < 1.29 is 14.7 Å². The van der Waals surface area contributed by atoms with Crippen LogP contribution in [0.3, 0.4) is 0 Å². The van der Waals surface area contributed by atoms with Crippen molar-refractivity contribution in [2.75, 3.05) is 0 Å². The molecule has 1 fully saturated rings. The average Bonchev–Trinajstić information content (AvgIpc) is 2.89. The number of nitrogens with zero attached hydrogens (tertiary/aromatic N) is 1. The Morgan fingerprint density at radius 2 is 2.11 bits per heavy atom. The van der Waals surface area contributed by atoms with Gasteiger partial charge in [-0.05, 0) is 12.8 Å². The maximum atomic E-state index is 11.7. The summed E-state index contributed by atoms with van der Waals surface area (Å²) in [5, 5.41) is 15.7. The summed E-state index contributed by atoms with van der Waals surface area (Å²) < 4.78 is 0. The standard InChI is InChI=1S/C12H16N2O3S/c15-10(13-8-3-1-2-4-8)6-11-14-9(7-18-11)5-12(16)17/h7-8H,1-6H2,(H,13,15)(H,16,17)/p-1. The molecule has 1 amide bonds. The van der Waals surface area contributed by atoms with Crippen LogP contribution < -0.4 is 10.4 Å². The Bertz CT molecular complexity index is 438. The van der Waals surface area contributed by atoms with Crippen molar-refractivity contribution in [2.45, 2.75) is 44.6 Å². The molecular formula is C12H15N2O3S-. The molecule has 0 aliphatic heterocycles. The van der Waals surface area contributed by atoms with Crippen molar-refractivity contribution in [1.29, 1.82) is 0 Å². The maximum Gasteiger partial charge on any atom is 0.227 e. The van der Waals surface area contributed by atoms with Gasteiger partial charge in [-0.2, -0.15) is 0 Å². The van der Waals surface area contributed by atoms with Gasteiger partial charge in [0.15, 0.2) is 0 Å². The highest BCUT2D eigenvalue weighted by Crippen LogP contribution is 2.18. The molecule has 1 aromatic heterocycles. The fourth-order valence-corrected chi connectivity index (χ4v) is 2.94. The lowest BCUT2D eigenvalue weighted by atomic mass is 10.2. The Labute approximate surface area is 109 Å². The van der Waals surface area contributed by atoms with Gasteiger partial charge in [-0.15, -0.1) is 11.3 Å². The number of aromatic nitrogens is 1. The number of hydrogen-bond acceptors (Lipinski definition) is 5. The molecule has 0 atom stereocenters. The maximum absolute atomic E-state index is 11.7. The number of hydrogen-bond donors (Lipinski definition) is 1. The number of carbonyl (C=O) groups excluding carboxylic acids is 2. The summed E-state index contributed by atoms with van der Waals surface area (Å²) in [6, 6.07) is 0.306. The minimum Gasteiger partial charge on any atom is -0.550 e. The number of amides is 1. The van der Waals surface area contributed by atoms with Gasteiger partial charge in [0.25, 0.3) is 0 Å². The third-order valence-electron chi connectivity index (χ3n) is 2.96. The number of carboxylic acids is 1. The zero-order chi connectivity index (χ0) is 13.0. The molecule has 0 radical (unpaired) electrons. The lowest BCUT2D eigenvalue weighted by Crippen LogP contribution is -2.33. The van der Waals surface area contributed by atoms with Crippen molar-refractivity contribution >= 4 is 23.2 Å². The van der Waals surface area contributed by atoms with E-state index in [4.69, 9.17) is 0 Å². The zero-order valence-corrected chi connectivity index (χ0v) is 10.8. The van der Waals surface area contributed by atoms with E-state index in [2.05, 4.69) is 10.3 Å². The van der Waals surface area contributed by atoms with Crippen molar-refractivity contribution in [2.24, 2.45) is 0 Å². The lowest BCUT2D eigenvalue weighted by Gasteiger charge is -2.10. The number of aliphatic carboxylic acids is 1. The van der Waals surface area contributed by atoms with Crippen molar-refractivity contribution in [1.82, 2.24) is 10.3 Å². The van der Waals surface area contributed by atoms with E-state index in [-0.39, 0.29) is 18.7 Å². The number of carbonyl (C=O) groups is 2. The second-order valence-electron chi connectivity index (χ2n) is 4.51. The molecule has 98 valence electrons. The van der Waals surface area contributed by atoms with Crippen molar-refractivity contribution in [3.8, 4) is 0 Å². The Morgan fingerprint density at radius 3 is 2.78 bits per heavy atom. The van der Waals surface area contributed by atoms with Crippen LogP contribution in [0.1, 0.15) is 36.4 Å². The minimum atomic E-state index is -1.15. The van der Waals surface area contributed by atoms with E-state index in [9.17, 15) is 14.7 Å². The first-order valence-corrected chi connectivity index (χ1v) is 6.94. The first-order valence-electron chi connectivity index (χ1n) is 6.06. The number of thiazole rings is 1. The average molecular weight is 267 g/mol. The fraction of sp³-hybridized carbons (Fsp3) is 0.583. The van der Waals surface area contributed by atoms with Gasteiger partial charge in [0.1, 0.15) is 5.01 Å². The van der Waals surface area contributed by atoms with E-state index < -0.39 is 5.97 Å². The molecule has 0 bridgehead atoms. The molecule has 6 heteroatoms. The molecule has 0 unspecified atom stereocenters. The Hall–Kier alpha value is -1.43. The number of carboxylic acid groups (broad SMARTS) is 1. The fourth-order valence-electron chi connectivity index (χ4n) is 2.15. The summed E-state index contributed by atoms with van der Waals surface area (Å²) in [5.74, 6) is -1.18. The molecule has 0 spiro atoms. The molecule has 18 heavy (non-hydrogen) atoms. The third-order valence-corrected chi connectivity index (χ3v) is 3.85. The van der Waals surface area contributed by atoms with Crippen LogP contribution in [0, 0.1) is 0 Å². The molecule has 0 saturated heterocycles. The van der Waals surface area contributed by atoms with Gasteiger partial charge in [-0.25, -0.2) is 4.98 Å². The highest BCUT2D eigenvalue weighted by molar-refractivity contribution is 7.09. The van der Waals surface area contributed by atoms with Crippen LogP contribution in [0.5, 0.6) is 0 Å². The Kier molecular flexibility index (Phi) is 4.30. The molecular weight excluding hydrogens is 252 g/mol. The van der Waals surface area contributed by atoms with Gasteiger partial charge in [-0.3, -0.25) is 4.79 Å². The second-order valence-corrected chi connectivity index (χ2v) is 5.45. The molecule has 0 aromatic carbocycles. The van der Waals surface area contributed by atoms with E-state index in [0.717, 1.165) is 12.8 Å². The highest BCUT2D eigenvalue weighted by atomic mass is 32.1. The molecule has 1 aromatic rings. The molecule has 5 nitrogen and oxygen atoms in total. The van der Waals surface area contributed by atoms with Gasteiger partial charge in [0, 0.05) is 23.8 Å². The summed E-state index contributed by atoms with van der Waals surface area (Å²) in [7, 11) is 0. The molecule has 1 aliphatic carbocycles. The molecule has 2 rings (SSSR count). The second kappa shape index (κ2) is 5.95. The van der Waals surface area contributed by atoms with Crippen LogP contribution >= 0.6 is 11.3 Å². The van der Waals surface area contributed by atoms with Crippen LogP contribution in [-0.2, 0) is 22.4 Å². The number of nitrogens with one attached hydrogen (secondary N) is 1. The first kappa shape index (κ1) is 13.0. The van der Waals surface area contributed by atoms with Crippen LogP contribution in [0.25, 0.3) is 0 Å². The van der Waals surface area contributed by atoms with Gasteiger partial charge < -0.3 is 15.2 Å². The third kappa shape index (κ3) is 3.80. The smallest absolute Gasteiger partial charge is 0.227 e. The zero-order valence-electron chi connectivity index (χ0n) is 9.98. The SMILES string of the molecule is O=C([O-])Cc1csc(CC(=O)NC2CCCC2)n1. The number of rotatable bonds is 5. The normalized spacial score (nSPS) is 15.8. The van der Waals surface area contributed by atoms with E-state index in [1.807, 2.05) is 0 Å². The minimum absolute atomic E-state index is 0.0312. The van der Waals surface area contributed by atoms with Crippen LogP contribution in [-0.4, -0.2) is 22.9 Å². The summed E-state index contributed by atoms with van der Waals surface area (Å²) >= 11 is 1.31. The predicted molar refractivity (Wildman–Crippen MR) is 64.9 cm³/mol. The van der Waals surface area contributed by atoms with Crippen molar-refractivity contribution in [3.05, 3.63) is 16.1 Å². The molecule has 1 heterocycles. The Balaban J connectivity index is 1.82. The topological polar surface area (TPSA) is 82.1 Å². The van der Waals surface area contributed by atoms with Crippen LogP contribution in [0.4, 0.5) is 0 Å². The first-order chi connectivity index (χ1) is 8.63. The molecule has 1 N–H and O–H groups in total. The van der Waals surface area contributed by atoms with E-state index in [1.54, 1.807) is 5.38 Å². The van der Waals surface area contributed by atoms with E-state index >= 15 is 0 Å². The molecule has 1 aliphatic rings. The van der Waals surface area contributed by atoms with Crippen molar-refractivity contribution in [3.63, 3.8) is 0 Å². The summed E-state index contributed by atoms with van der Waals surface area (Å²) in [6.07, 6.45) is 4.50. The van der Waals surface area contributed by atoms with Gasteiger partial charge in [0.05, 0.1) is 12.1 Å². The lowest BCUT2D eigenvalue weighted by molar-refractivity contribution is -0.304. The quantitative estimate of drug-likeness (QED) is 0.816. The summed E-state index contributed by atoms with van der Waals surface area (Å²) in [5.41, 5.74) is 0.462. The summed E-state index contributed by atoms with van der Waals surface area (Å²) in [6.45, 7) is 0. The van der Waals surface area contributed by atoms with Gasteiger partial charge in [-0.1, -0.05) is 12.8 Å². The van der Waals surface area contributed by atoms with E-state index in [1.165, 1.54) is 24.2 Å². The van der Waals surface area contributed by atoms with Gasteiger partial charge >= 0.3 is 0 Å². The van der Waals surface area contributed by atoms with Crippen LogP contribution in [0.15, 0.2) is 5.38 Å². The van der Waals surface area contributed by atoms with Crippen LogP contribution in [0.2, 0.25) is 0 Å². The highest BCUT2D eigenvalue weighted by Gasteiger charge is 2.17. The van der Waals surface area contributed by atoms with E-state index in [0.29, 0.717) is 16.7 Å². The van der Waals surface area contributed by atoms with Gasteiger partial charge in [0.2, 0.25) is 5.91 Å². The Morgan fingerprint density at radius 1 is 1.39 bits per heavy atom. The summed E-state index contributed by atoms with van der Waals surface area (Å²) in [4.78, 5) is 26.2. The predicted octanol–water partition coefficient (Wildman–Crippen LogP) is 0.0368. The molecule has 1 saturated carbocycles. The largest absolute Gasteiger partial charge is 0.550 e. The monoisotopic (exact) mass is 267 g/mol.